The maximum Gasteiger partial charge on any atom is 0.301 e. The summed E-state index contributed by atoms with van der Waals surface area (Å²) in [6.45, 7) is 2.84. The zero-order valence-corrected chi connectivity index (χ0v) is 11.7. The summed E-state index contributed by atoms with van der Waals surface area (Å²) in [4.78, 5) is 4.03. The van der Waals surface area contributed by atoms with Crippen molar-refractivity contribution < 1.29 is 13.5 Å². The van der Waals surface area contributed by atoms with Gasteiger partial charge in [0, 0.05) is 31.6 Å². The summed E-state index contributed by atoms with van der Waals surface area (Å²) in [6.07, 6.45) is 2.98. The highest BCUT2D eigenvalue weighted by atomic mass is 32.2. The molecular weight excluding hydrogens is 266 g/mol. The van der Waals surface area contributed by atoms with E-state index < -0.39 is 10.2 Å². The normalized spacial score (nSPS) is 18.4. The molecule has 0 radical (unpaired) electrons. The Bertz CT molecular complexity index is 525. The smallest absolute Gasteiger partial charge is 0.301 e. The van der Waals surface area contributed by atoms with Gasteiger partial charge in [-0.05, 0) is 37.8 Å². The van der Waals surface area contributed by atoms with Gasteiger partial charge in [0.2, 0.25) is 0 Å². The minimum Gasteiger partial charge on any atom is -0.396 e. The fourth-order valence-electron chi connectivity index (χ4n) is 2.15. The molecule has 0 saturated carbocycles. The molecule has 6 nitrogen and oxygen atoms in total. The van der Waals surface area contributed by atoms with Crippen molar-refractivity contribution in [2.24, 2.45) is 5.92 Å². The molecule has 1 aromatic rings. The van der Waals surface area contributed by atoms with Crippen molar-refractivity contribution in [2.45, 2.75) is 19.8 Å². The Kier molecular flexibility index (Phi) is 4.38. The van der Waals surface area contributed by atoms with Gasteiger partial charge in [0.05, 0.1) is 5.69 Å². The Morgan fingerprint density at radius 2 is 2.16 bits per heavy atom. The Balaban J connectivity index is 2.03. The fourth-order valence-corrected chi connectivity index (χ4v) is 3.40. The number of aromatic nitrogens is 1. The summed E-state index contributed by atoms with van der Waals surface area (Å²) in [5.74, 6) is 0.217. The van der Waals surface area contributed by atoms with Gasteiger partial charge in [0.15, 0.2) is 0 Å². The molecule has 1 fully saturated rings. The van der Waals surface area contributed by atoms with Crippen LogP contribution >= 0.6 is 0 Å². The van der Waals surface area contributed by atoms with Crippen LogP contribution in [0.1, 0.15) is 18.5 Å². The molecule has 1 aliphatic heterocycles. The van der Waals surface area contributed by atoms with Gasteiger partial charge in [-0.3, -0.25) is 9.71 Å². The molecule has 0 amide bonds. The number of hydrogen-bond donors (Lipinski definition) is 2. The second-order valence-corrected chi connectivity index (χ2v) is 6.49. The van der Waals surface area contributed by atoms with E-state index in [1.54, 1.807) is 18.3 Å². The molecular formula is C12H19N3O3S. The summed E-state index contributed by atoms with van der Waals surface area (Å²) < 4.78 is 28.4. The van der Waals surface area contributed by atoms with Crippen LogP contribution in [-0.2, 0) is 10.2 Å². The van der Waals surface area contributed by atoms with Gasteiger partial charge in [-0.1, -0.05) is 0 Å². The maximum absolute atomic E-state index is 12.2. The van der Waals surface area contributed by atoms with Gasteiger partial charge < -0.3 is 5.11 Å². The van der Waals surface area contributed by atoms with Crippen LogP contribution in [0.2, 0.25) is 0 Å². The minimum absolute atomic E-state index is 0.130. The number of hydrogen-bond acceptors (Lipinski definition) is 4. The number of aliphatic hydroxyl groups is 1. The van der Waals surface area contributed by atoms with Crippen LogP contribution in [-0.4, -0.2) is 42.5 Å². The highest BCUT2D eigenvalue weighted by molar-refractivity contribution is 7.90. The molecule has 1 saturated heterocycles. The van der Waals surface area contributed by atoms with Crippen LogP contribution in [0, 0.1) is 12.8 Å². The van der Waals surface area contributed by atoms with E-state index in [-0.39, 0.29) is 12.5 Å². The van der Waals surface area contributed by atoms with E-state index in [9.17, 15) is 8.42 Å². The average molecular weight is 285 g/mol. The highest BCUT2D eigenvalue weighted by Gasteiger charge is 2.27. The quantitative estimate of drug-likeness (QED) is 0.855. The third-order valence-corrected chi connectivity index (χ3v) is 4.85. The molecule has 0 bridgehead atoms. The van der Waals surface area contributed by atoms with E-state index >= 15 is 0 Å². The Morgan fingerprint density at radius 3 is 2.74 bits per heavy atom. The van der Waals surface area contributed by atoms with Crippen LogP contribution < -0.4 is 4.72 Å². The molecule has 0 aliphatic carbocycles. The molecule has 19 heavy (non-hydrogen) atoms. The van der Waals surface area contributed by atoms with Gasteiger partial charge in [-0.15, -0.1) is 0 Å². The lowest BCUT2D eigenvalue weighted by Gasteiger charge is -2.30. The first kappa shape index (κ1) is 14.2. The SMILES string of the molecule is Cc1cc(NS(=O)(=O)N2CCC(CO)CC2)ccn1. The predicted octanol–water partition coefficient (Wildman–Crippen LogP) is 0.751. The largest absolute Gasteiger partial charge is 0.396 e. The molecule has 0 unspecified atom stereocenters. The molecule has 0 atom stereocenters. The zero-order valence-electron chi connectivity index (χ0n) is 10.9. The highest BCUT2D eigenvalue weighted by Crippen LogP contribution is 2.20. The maximum atomic E-state index is 12.2. The molecule has 7 heteroatoms. The molecule has 106 valence electrons. The van der Waals surface area contributed by atoms with Crippen molar-refractivity contribution in [1.29, 1.82) is 0 Å². The van der Waals surface area contributed by atoms with Gasteiger partial charge in [0.1, 0.15) is 0 Å². The lowest BCUT2D eigenvalue weighted by molar-refractivity contribution is 0.170. The first-order chi connectivity index (χ1) is 9.01. The molecule has 0 aromatic carbocycles. The average Bonchev–Trinajstić information content (AvgIpc) is 2.38. The van der Waals surface area contributed by atoms with Crippen LogP contribution in [0.25, 0.3) is 0 Å². The number of nitrogens with one attached hydrogen (secondary N) is 1. The number of rotatable bonds is 4. The van der Waals surface area contributed by atoms with Crippen LogP contribution in [0.15, 0.2) is 18.3 Å². The summed E-state index contributed by atoms with van der Waals surface area (Å²) in [7, 11) is -3.51. The van der Waals surface area contributed by atoms with Gasteiger partial charge in [-0.2, -0.15) is 12.7 Å². The van der Waals surface area contributed by atoms with E-state index in [0.717, 1.165) is 5.69 Å². The number of aryl methyl sites for hydroxylation is 1. The van der Waals surface area contributed by atoms with Crippen LogP contribution in [0.4, 0.5) is 5.69 Å². The monoisotopic (exact) mass is 285 g/mol. The zero-order chi connectivity index (χ0) is 13.9. The number of aliphatic hydroxyl groups excluding tert-OH is 1. The van der Waals surface area contributed by atoms with Crippen molar-refractivity contribution in [2.75, 3.05) is 24.4 Å². The molecule has 2 heterocycles. The Hall–Kier alpha value is -1.18. The van der Waals surface area contributed by atoms with Crippen molar-refractivity contribution in [3.8, 4) is 0 Å². The van der Waals surface area contributed by atoms with E-state index in [2.05, 4.69) is 9.71 Å². The number of pyridine rings is 1. The molecule has 2 rings (SSSR count). The third kappa shape index (κ3) is 3.65. The van der Waals surface area contributed by atoms with Gasteiger partial charge >= 0.3 is 10.2 Å². The third-order valence-electron chi connectivity index (χ3n) is 3.32. The Morgan fingerprint density at radius 1 is 1.47 bits per heavy atom. The second kappa shape index (κ2) is 5.85. The molecule has 1 aromatic heterocycles. The minimum atomic E-state index is -3.51. The number of nitrogens with zero attached hydrogens (tertiary/aromatic N) is 2. The lowest BCUT2D eigenvalue weighted by Crippen LogP contribution is -2.42. The van der Waals surface area contributed by atoms with Crippen molar-refractivity contribution in [1.82, 2.24) is 9.29 Å². The lowest BCUT2D eigenvalue weighted by atomic mass is 10.00. The van der Waals surface area contributed by atoms with Crippen molar-refractivity contribution in [3.05, 3.63) is 24.0 Å². The number of piperidine rings is 1. The summed E-state index contributed by atoms with van der Waals surface area (Å²) in [5.41, 5.74) is 1.29. The van der Waals surface area contributed by atoms with E-state index in [0.29, 0.717) is 31.6 Å². The van der Waals surface area contributed by atoms with E-state index in [4.69, 9.17) is 5.11 Å². The summed E-state index contributed by atoms with van der Waals surface area (Å²) in [6, 6.07) is 3.32. The van der Waals surface area contributed by atoms with Gasteiger partial charge in [-0.25, -0.2) is 0 Å². The summed E-state index contributed by atoms with van der Waals surface area (Å²) in [5, 5.41) is 9.06. The van der Waals surface area contributed by atoms with Gasteiger partial charge in [0.25, 0.3) is 0 Å². The Labute approximate surface area is 113 Å². The van der Waals surface area contributed by atoms with E-state index in [1.807, 2.05) is 6.92 Å². The standard InChI is InChI=1S/C12H19N3O3S/c1-10-8-12(2-5-13-10)14-19(17,18)15-6-3-11(9-16)4-7-15/h2,5,8,11,16H,3-4,6-7,9H2,1H3,(H,13,14). The molecule has 1 aliphatic rings. The van der Waals surface area contributed by atoms with Crippen molar-refractivity contribution in [3.63, 3.8) is 0 Å². The first-order valence-electron chi connectivity index (χ1n) is 6.32. The predicted molar refractivity (Wildman–Crippen MR) is 72.9 cm³/mol. The topological polar surface area (TPSA) is 82.5 Å². The second-order valence-electron chi connectivity index (χ2n) is 4.82. The molecule has 2 N–H and O–H groups in total. The van der Waals surface area contributed by atoms with Crippen LogP contribution in [0.5, 0.6) is 0 Å². The van der Waals surface area contributed by atoms with Crippen molar-refractivity contribution >= 4 is 15.9 Å². The number of anilines is 1. The van der Waals surface area contributed by atoms with Crippen LogP contribution in [0.3, 0.4) is 0 Å². The van der Waals surface area contributed by atoms with E-state index in [1.165, 1.54) is 4.31 Å². The molecule has 0 spiro atoms. The fraction of sp³-hybridized carbons (Fsp3) is 0.583. The summed E-state index contributed by atoms with van der Waals surface area (Å²) >= 11 is 0. The first-order valence-corrected chi connectivity index (χ1v) is 7.76.